The molecule has 0 aliphatic heterocycles. The van der Waals surface area contributed by atoms with Crippen LogP contribution in [0.1, 0.15) is 5.56 Å². The minimum Gasteiger partial charge on any atom is -0.265 e. The summed E-state index contributed by atoms with van der Waals surface area (Å²) in [4.78, 5) is 3.83. The lowest BCUT2D eigenvalue weighted by atomic mass is 10.3. The predicted octanol–water partition coefficient (Wildman–Crippen LogP) is 0.367. The molecule has 0 spiro atoms. The first-order valence-corrected chi connectivity index (χ1v) is 5.87. The van der Waals surface area contributed by atoms with Crippen LogP contribution in [0.4, 0.5) is 0 Å². The average molecular weight is 225 g/mol. The van der Waals surface area contributed by atoms with Crippen LogP contribution in [-0.4, -0.2) is 30.5 Å². The summed E-state index contributed by atoms with van der Waals surface area (Å²) >= 11 is 0. The van der Waals surface area contributed by atoms with Gasteiger partial charge in [-0.05, 0) is 17.7 Å². The maximum atomic E-state index is 11.4. The fourth-order valence-corrected chi connectivity index (χ4v) is 1.76. The summed E-state index contributed by atoms with van der Waals surface area (Å²) in [5.74, 6) is -0.491. The first-order chi connectivity index (χ1) is 7.06. The number of hydrogen-bond donors (Lipinski definition) is 0. The topological polar surface area (TPSA) is 74.1 Å². The van der Waals surface area contributed by atoms with Crippen LogP contribution in [0.25, 0.3) is 0 Å². The van der Waals surface area contributed by atoms with E-state index in [1.165, 1.54) is 7.05 Å². The Kier molecular flexibility index (Phi) is 3.77. The van der Waals surface area contributed by atoms with Gasteiger partial charge in [0.2, 0.25) is 10.0 Å². The van der Waals surface area contributed by atoms with E-state index in [0.717, 1.165) is 9.87 Å². The summed E-state index contributed by atoms with van der Waals surface area (Å²) in [6, 6.07) is 5.10. The summed E-state index contributed by atoms with van der Waals surface area (Å²) in [5.41, 5.74) is 0.842. The minimum absolute atomic E-state index is 0.256. The lowest BCUT2D eigenvalue weighted by molar-refractivity contribution is 0.469. The van der Waals surface area contributed by atoms with Gasteiger partial charge in [-0.2, -0.15) is 9.57 Å². The van der Waals surface area contributed by atoms with E-state index in [4.69, 9.17) is 5.26 Å². The average Bonchev–Trinajstić information content (AvgIpc) is 2.19. The fraction of sp³-hybridized carbons (Fsp3) is 0.333. The van der Waals surface area contributed by atoms with Gasteiger partial charge < -0.3 is 0 Å². The molecule has 0 aromatic carbocycles. The normalized spacial score (nSPS) is 11.3. The molecule has 15 heavy (non-hydrogen) atoms. The van der Waals surface area contributed by atoms with Gasteiger partial charge in [-0.15, -0.1) is 0 Å². The highest BCUT2D eigenvalue weighted by Gasteiger charge is 2.16. The Balaban J connectivity index is 2.73. The van der Waals surface area contributed by atoms with Gasteiger partial charge in [0.15, 0.2) is 5.75 Å². The van der Waals surface area contributed by atoms with E-state index in [9.17, 15) is 8.42 Å². The molecule has 80 valence electrons. The van der Waals surface area contributed by atoms with Crippen molar-refractivity contribution in [3.63, 3.8) is 0 Å². The quantitative estimate of drug-likeness (QED) is 0.741. The molecule has 0 atom stereocenters. The Morgan fingerprint density at radius 3 is 2.60 bits per heavy atom. The Hall–Kier alpha value is -1.45. The monoisotopic (exact) mass is 225 g/mol. The van der Waals surface area contributed by atoms with E-state index in [2.05, 4.69) is 4.98 Å². The highest BCUT2D eigenvalue weighted by molar-refractivity contribution is 7.89. The number of nitriles is 1. The van der Waals surface area contributed by atoms with Gasteiger partial charge in [0.05, 0.1) is 6.07 Å². The number of rotatable bonds is 4. The smallest absolute Gasteiger partial charge is 0.227 e. The van der Waals surface area contributed by atoms with Crippen LogP contribution in [0.5, 0.6) is 0 Å². The fourth-order valence-electron chi connectivity index (χ4n) is 1.04. The zero-order valence-electron chi connectivity index (χ0n) is 8.29. The van der Waals surface area contributed by atoms with E-state index in [1.54, 1.807) is 30.6 Å². The summed E-state index contributed by atoms with van der Waals surface area (Å²) in [6.07, 6.45) is 3.19. The van der Waals surface area contributed by atoms with E-state index < -0.39 is 15.8 Å². The molecule has 0 saturated carbocycles. The minimum atomic E-state index is -3.46. The summed E-state index contributed by atoms with van der Waals surface area (Å²) in [7, 11) is -2.01. The van der Waals surface area contributed by atoms with Crippen LogP contribution in [0, 0.1) is 11.3 Å². The SMILES string of the molecule is CN(Cc1ccncc1)S(=O)(=O)CC#N. The maximum absolute atomic E-state index is 11.4. The van der Waals surface area contributed by atoms with Gasteiger partial charge in [0.25, 0.3) is 0 Å². The Labute approximate surface area is 89.0 Å². The van der Waals surface area contributed by atoms with Crippen molar-refractivity contribution in [2.75, 3.05) is 12.8 Å². The predicted molar refractivity (Wildman–Crippen MR) is 55.1 cm³/mol. The summed E-state index contributed by atoms with van der Waals surface area (Å²) in [5, 5.41) is 8.35. The number of nitrogens with zero attached hydrogens (tertiary/aromatic N) is 3. The Morgan fingerprint density at radius 2 is 2.07 bits per heavy atom. The number of sulfonamides is 1. The molecular formula is C9H11N3O2S. The highest BCUT2D eigenvalue weighted by atomic mass is 32.2. The maximum Gasteiger partial charge on any atom is 0.227 e. The zero-order chi connectivity index (χ0) is 11.3. The summed E-state index contributed by atoms with van der Waals surface area (Å²) in [6.45, 7) is 0.256. The van der Waals surface area contributed by atoms with Crippen molar-refractivity contribution in [2.24, 2.45) is 0 Å². The number of pyridine rings is 1. The first kappa shape index (κ1) is 11.6. The first-order valence-electron chi connectivity index (χ1n) is 4.26. The molecule has 0 bridgehead atoms. The molecule has 1 aromatic rings. The van der Waals surface area contributed by atoms with Crippen molar-refractivity contribution in [2.45, 2.75) is 6.54 Å². The molecule has 0 radical (unpaired) electrons. The van der Waals surface area contributed by atoms with Gasteiger partial charge in [0.1, 0.15) is 0 Å². The molecule has 0 amide bonds. The van der Waals surface area contributed by atoms with E-state index in [0.29, 0.717) is 0 Å². The molecule has 5 nitrogen and oxygen atoms in total. The van der Waals surface area contributed by atoms with E-state index in [-0.39, 0.29) is 6.54 Å². The lowest BCUT2D eigenvalue weighted by Gasteiger charge is -2.14. The van der Waals surface area contributed by atoms with Gasteiger partial charge in [-0.25, -0.2) is 8.42 Å². The molecule has 1 heterocycles. The van der Waals surface area contributed by atoms with Crippen molar-refractivity contribution in [3.8, 4) is 6.07 Å². The van der Waals surface area contributed by atoms with Crippen LogP contribution in [0.3, 0.4) is 0 Å². The second kappa shape index (κ2) is 4.87. The standard InChI is InChI=1S/C9H11N3O2S/c1-12(15(13,14)7-4-10)8-9-2-5-11-6-3-9/h2-3,5-6H,7-8H2,1H3. The molecule has 6 heteroatoms. The summed E-state index contributed by atoms with van der Waals surface area (Å²) < 4.78 is 24.0. The third-order valence-electron chi connectivity index (χ3n) is 1.88. The van der Waals surface area contributed by atoms with Crippen molar-refractivity contribution in [1.29, 1.82) is 5.26 Å². The van der Waals surface area contributed by atoms with Gasteiger partial charge in [-0.3, -0.25) is 4.98 Å². The van der Waals surface area contributed by atoms with Gasteiger partial charge in [-0.1, -0.05) is 0 Å². The molecule has 0 aliphatic rings. The van der Waals surface area contributed by atoms with Gasteiger partial charge >= 0.3 is 0 Å². The lowest BCUT2D eigenvalue weighted by Crippen LogP contribution is -2.28. The second-order valence-corrected chi connectivity index (χ2v) is 5.10. The molecule has 0 N–H and O–H groups in total. The van der Waals surface area contributed by atoms with Crippen LogP contribution in [0.2, 0.25) is 0 Å². The molecule has 0 aliphatic carbocycles. The Bertz CT molecular complexity index is 450. The van der Waals surface area contributed by atoms with Crippen molar-refractivity contribution in [1.82, 2.24) is 9.29 Å². The molecular weight excluding hydrogens is 214 g/mol. The third kappa shape index (κ3) is 3.31. The van der Waals surface area contributed by atoms with Crippen LogP contribution in [-0.2, 0) is 16.6 Å². The van der Waals surface area contributed by atoms with Crippen molar-refractivity contribution >= 4 is 10.0 Å². The largest absolute Gasteiger partial charge is 0.265 e. The second-order valence-electron chi connectivity index (χ2n) is 3.03. The van der Waals surface area contributed by atoms with Crippen LogP contribution in [0.15, 0.2) is 24.5 Å². The molecule has 1 aromatic heterocycles. The van der Waals surface area contributed by atoms with Crippen molar-refractivity contribution < 1.29 is 8.42 Å². The molecule has 0 unspecified atom stereocenters. The van der Waals surface area contributed by atoms with Crippen LogP contribution < -0.4 is 0 Å². The molecule has 0 fully saturated rings. The Morgan fingerprint density at radius 1 is 1.47 bits per heavy atom. The molecule has 1 rings (SSSR count). The van der Waals surface area contributed by atoms with Crippen molar-refractivity contribution in [3.05, 3.63) is 30.1 Å². The van der Waals surface area contributed by atoms with Crippen LogP contribution >= 0.6 is 0 Å². The van der Waals surface area contributed by atoms with Gasteiger partial charge in [0, 0.05) is 26.0 Å². The van der Waals surface area contributed by atoms with E-state index in [1.807, 2.05) is 0 Å². The number of hydrogen-bond acceptors (Lipinski definition) is 4. The highest BCUT2D eigenvalue weighted by Crippen LogP contribution is 2.05. The molecule has 0 saturated heterocycles. The van der Waals surface area contributed by atoms with E-state index >= 15 is 0 Å². The number of aromatic nitrogens is 1. The third-order valence-corrected chi connectivity index (χ3v) is 3.45. The zero-order valence-corrected chi connectivity index (χ0v) is 9.11.